The molecule has 3 unspecified atom stereocenters. The standard InChI is InChI=1S/C10H19NO2S/c1-8-4-9(5-14-8)11-6-10(12)2-3-13-7-10/h8-9,11-12H,2-7H2,1H3. The second kappa shape index (κ2) is 4.39. The van der Waals surface area contributed by atoms with Crippen LogP contribution in [0.15, 0.2) is 0 Å². The van der Waals surface area contributed by atoms with Gasteiger partial charge in [0.1, 0.15) is 5.60 Å². The summed E-state index contributed by atoms with van der Waals surface area (Å²) in [4.78, 5) is 0. The molecule has 0 amide bonds. The molecule has 2 fully saturated rings. The third-order valence-corrected chi connectivity index (χ3v) is 4.36. The SMILES string of the molecule is CC1CC(NCC2(O)CCOC2)CS1. The van der Waals surface area contributed by atoms with Gasteiger partial charge in [-0.3, -0.25) is 0 Å². The summed E-state index contributed by atoms with van der Waals surface area (Å²) in [6, 6.07) is 0.583. The van der Waals surface area contributed by atoms with Crippen molar-refractivity contribution in [2.45, 2.75) is 36.7 Å². The molecule has 2 aliphatic rings. The Morgan fingerprint density at radius 3 is 3.07 bits per heavy atom. The highest BCUT2D eigenvalue weighted by Crippen LogP contribution is 2.26. The van der Waals surface area contributed by atoms with E-state index in [0.29, 0.717) is 25.8 Å². The van der Waals surface area contributed by atoms with E-state index in [2.05, 4.69) is 12.2 Å². The molecule has 82 valence electrons. The molecule has 0 bridgehead atoms. The van der Waals surface area contributed by atoms with Gasteiger partial charge < -0.3 is 15.2 Å². The minimum atomic E-state index is -0.601. The quantitative estimate of drug-likeness (QED) is 0.727. The van der Waals surface area contributed by atoms with Crippen molar-refractivity contribution in [3.63, 3.8) is 0 Å². The van der Waals surface area contributed by atoms with E-state index in [4.69, 9.17) is 4.74 Å². The van der Waals surface area contributed by atoms with E-state index in [1.807, 2.05) is 11.8 Å². The van der Waals surface area contributed by atoms with Crippen LogP contribution in [0.25, 0.3) is 0 Å². The third-order valence-electron chi connectivity index (χ3n) is 3.00. The van der Waals surface area contributed by atoms with E-state index in [1.165, 1.54) is 12.2 Å². The van der Waals surface area contributed by atoms with Crippen molar-refractivity contribution in [3.8, 4) is 0 Å². The molecular weight excluding hydrogens is 198 g/mol. The lowest BCUT2D eigenvalue weighted by atomic mass is 10.0. The summed E-state index contributed by atoms with van der Waals surface area (Å²) in [7, 11) is 0. The average molecular weight is 217 g/mol. The molecule has 2 rings (SSSR count). The van der Waals surface area contributed by atoms with E-state index in [1.54, 1.807) is 0 Å². The third kappa shape index (κ3) is 2.63. The lowest BCUT2D eigenvalue weighted by molar-refractivity contribution is 0.0253. The molecule has 2 N–H and O–H groups in total. The number of hydrogen-bond donors (Lipinski definition) is 2. The van der Waals surface area contributed by atoms with E-state index in [-0.39, 0.29) is 0 Å². The van der Waals surface area contributed by atoms with Gasteiger partial charge in [0.05, 0.1) is 6.61 Å². The number of thioether (sulfide) groups is 1. The Hall–Kier alpha value is 0.230. The molecule has 2 aliphatic heterocycles. The summed E-state index contributed by atoms with van der Waals surface area (Å²) in [5.74, 6) is 1.18. The van der Waals surface area contributed by atoms with Crippen LogP contribution in [0.3, 0.4) is 0 Å². The van der Waals surface area contributed by atoms with E-state index in [0.717, 1.165) is 11.7 Å². The van der Waals surface area contributed by atoms with Gasteiger partial charge in [-0.25, -0.2) is 0 Å². The summed E-state index contributed by atoms with van der Waals surface area (Å²) in [5.41, 5.74) is -0.601. The molecule has 4 heteroatoms. The van der Waals surface area contributed by atoms with Crippen molar-refractivity contribution in [2.75, 3.05) is 25.5 Å². The van der Waals surface area contributed by atoms with Crippen LogP contribution in [0, 0.1) is 0 Å². The first-order chi connectivity index (χ1) is 6.68. The molecule has 0 aromatic rings. The van der Waals surface area contributed by atoms with Gasteiger partial charge in [-0.1, -0.05) is 6.92 Å². The number of aliphatic hydroxyl groups is 1. The van der Waals surface area contributed by atoms with E-state index < -0.39 is 5.60 Å². The fourth-order valence-electron chi connectivity index (χ4n) is 2.03. The van der Waals surface area contributed by atoms with Crippen LogP contribution >= 0.6 is 11.8 Å². The summed E-state index contributed by atoms with van der Waals surface area (Å²) < 4.78 is 5.20. The second-order valence-electron chi connectivity index (χ2n) is 4.48. The van der Waals surface area contributed by atoms with Crippen LogP contribution in [0.2, 0.25) is 0 Å². The van der Waals surface area contributed by atoms with Crippen molar-refractivity contribution in [2.24, 2.45) is 0 Å². The van der Waals surface area contributed by atoms with Crippen molar-refractivity contribution in [1.82, 2.24) is 5.32 Å². The van der Waals surface area contributed by atoms with Crippen LogP contribution < -0.4 is 5.32 Å². The van der Waals surface area contributed by atoms with Crippen LogP contribution in [-0.4, -0.2) is 47.5 Å². The molecule has 0 aromatic carbocycles. The van der Waals surface area contributed by atoms with E-state index >= 15 is 0 Å². The molecule has 0 aromatic heterocycles. The number of rotatable bonds is 3. The number of nitrogens with one attached hydrogen (secondary N) is 1. The van der Waals surface area contributed by atoms with Crippen LogP contribution in [0.5, 0.6) is 0 Å². The summed E-state index contributed by atoms with van der Waals surface area (Å²) in [5, 5.41) is 14.2. The Morgan fingerprint density at radius 1 is 1.64 bits per heavy atom. The topological polar surface area (TPSA) is 41.5 Å². The van der Waals surface area contributed by atoms with Crippen LogP contribution in [0.1, 0.15) is 19.8 Å². The zero-order chi connectivity index (χ0) is 10.0. The first-order valence-electron chi connectivity index (χ1n) is 5.33. The Kier molecular flexibility index (Phi) is 3.37. The first-order valence-corrected chi connectivity index (χ1v) is 6.38. The van der Waals surface area contributed by atoms with Gasteiger partial charge in [-0.15, -0.1) is 0 Å². The minimum Gasteiger partial charge on any atom is -0.386 e. The molecule has 2 saturated heterocycles. The predicted molar refractivity (Wildman–Crippen MR) is 58.7 cm³/mol. The average Bonchev–Trinajstić information content (AvgIpc) is 2.73. The van der Waals surface area contributed by atoms with Gasteiger partial charge in [0.15, 0.2) is 0 Å². The highest BCUT2D eigenvalue weighted by molar-refractivity contribution is 8.00. The molecular formula is C10H19NO2S. The number of ether oxygens (including phenoxy) is 1. The highest BCUT2D eigenvalue weighted by atomic mass is 32.2. The Balaban J connectivity index is 1.71. The monoisotopic (exact) mass is 217 g/mol. The van der Waals surface area contributed by atoms with Gasteiger partial charge >= 0.3 is 0 Å². The van der Waals surface area contributed by atoms with Crippen molar-refractivity contribution in [1.29, 1.82) is 0 Å². The molecule has 0 saturated carbocycles. The Labute approximate surface area is 89.6 Å². The van der Waals surface area contributed by atoms with Crippen molar-refractivity contribution < 1.29 is 9.84 Å². The lowest BCUT2D eigenvalue weighted by Gasteiger charge is -2.23. The highest BCUT2D eigenvalue weighted by Gasteiger charge is 2.33. The van der Waals surface area contributed by atoms with Gasteiger partial charge in [0.2, 0.25) is 0 Å². The molecule has 0 aliphatic carbocycles. The minimum absolute atomic E-state index is 0.495. The van der Waals surface area contributed by atoms with Gasteiger partial charge in [0, 0.05) is 36.6 Å². The second-order valence-corrected chi connectivity index (χ2v) is 5.96. The lowest BCUT2D eigenvalue weighted by Crippen LogP contribution is -2.45. The predicted octanol–water partition coefficient (Wildman–Crippen LogP) is 0.621. The fourth-order valence-corrected chi connectivity index (χ4v) is 3.21. The zero-order valence-electron chi connectivity index (χ0n) is 8.66. The maximum absolute atomic E-state index is 10.0. The van der Waals surface area contributed by atoms with Gasteiger partial charge in [-0.05, 0) is 6.42 Å². The van der Waals surface area contributed by atoms with Crippen LogP contribution in [-0.2, 0) is 4.74 Å². The van der Waals surface area contributed by atoms with Crippen molar-refractivity contribution in [3.05, 3.63) is 0 Å². The maximum atomic E-state index is 10.0. The first kappa shape index (κ1) is 10.7. The molecule has 3 atom stereocenters. The van der Waals surface area contributed by atoms with Gasteiger partial charge in [-0.2, -0.15) is 11.8 Å². The molecule has 0 spiro atoms. The van der Waals surface area contributed by atoms with E-state index in [9.17, 15) is 5.11 Å². The summed E-state index contributed by atoms with van der Waals surface area (Å²) >= 11 is 2.01. The zero-order valence-corrected chi connectivity index (χ0v) is 9.48. The smallest absolute Gasteiger partial charge is 0.102 e. The maximum Gasteiger partial charge on any atom is 0.102 e. The van der Waals surface area contributed by atoms with Crippen LogP contribution in [0.4, 0.5) is 0 Å². The normalized spacial score (nSPS) is 43.3. The Bertz CT molecular complexity index is 195. The van der Waals surface area contributed by atoms with Gasteiger partial charge in [0.25, 0.3) is 0 Å². The largest absolute Gasteiger partial charge is 0.386 e. The summed E-state index contributed by atoms with van der Waals surface area (Å²) in [6.07, 6.45) is 2.00. The molecule has 0 radical (unpaired) electrons. The molecule has 2 heterocycles. The fraction of sp³-hybridized carbons (Fsp3) is 1.00. The molecule has 14 heavy (non-hydrogen) atoms. The molecule has 3 nitrogen and oxygen atoms in total. The Morgan fingerprint density at radius 2 is 2.50 bits per heavy atom. The summed E-state index contributed by atoms with van der Waals surface area (Å²) in [6.45, 7) is 4.15. The number of hydrogen-bond acceptors (Lipinski definition) is 4. The van der Waals surface area contributed by atoms with Crippen molar-refractivity contribution >= 4 is 11.8 Å².